The van der Waals surface area contributed by atoms with E-state index in [2.05, 4.69) is 0 Å². The van der Waals surface area contributed by atoms with Crippen molar-refractivity contribution < 1.29 is 34.1 Å². The topological polar surface area (TPSA) is 110 Å². The summed E-state index contributed by atoms with van der Waals surface area (Å²) in [6.45, 7) is 3.09. The number of carboxylic acids is 1. The molecule has 7 heteroatoms. The molecule has 1 atom stereocenters. The number of esters is 1. The highest BCUT2D eigenvalue weighted by atomic mass is 16.6. The van der Waals surface area contributed by atoms with E-state index in [0.717, 1.165) is 0 Å². The number of carbonyl (C=O) groups excluding carboxylic acids is 2. The number of ketones is 1. The van der Waals surface area contributed by atoms with Crippen LogP contribution in [0.25, 0.3) is 0 Å². The number of ether oxygens (including phenoxy) is 2. The largest absolute Gasteiger partial charge is 0.481 e. The molecule has 23 heavy (non-hydrogen) atoms. The molecule has 0 radical (unpaired) electrons. The number of hydrogen-bond donors (Lipinski definition) is 2. The van der Waals surface area contributed by atoms with E-state index >= 15 is 0 Å². The minimum atomic E-state index is -1.41. The Morgan fingerprint density at radius 2 is 1.96 bits per heavy atom. The SMILES string of the molecule is CC(C)(O)C(=O)C1=CCC(OCCOC(=O)CCC(=O)O)C=C1. The summed E-state index contributed by atoms with van der Waals surface area (Å²) in [5, 5.41) is 18.1. The predicted molar refractivity (Wildman–Crippen MR) is 80.7 cm³/mol. The van der Waals surface area contributed by atoms with Gasteiger partial charge in [-0.05, 0) is 20.3 Å². The van der Waals surface area contributed by atoms with Gasteiger partial charge in [-0.25, -0.2) is 0 Å². The Hall–Kier alpha value is -1.99. The van der Waals surface area contributed by atoms with Gasteiger partial charge in [-0.15, -0.1) is 0 Å². The molecule has 0 aromatic carbocycles. The molecule has 0 aromatic heterocycles. The van der Waals surface area contributed by atoms with Crippen molar-refractivity contribution in [2.45, 2.75) is 44.8 Å². The summed E-state index contributed by atoms with van der Waals surface area (Å²) in [6, 6.07) is 0. The molecule has 2 N–H and O–H groups in total. The molecule has 0 spiro atoms. The fourth-order valence-corrected chi connectivity index (χ4v) is 1.88. The Morgan fingerprint density at radius 1 is 1.26 bits per heavy atom. The van der Waals surface area contributed by atoms with E-state index in [4.69, 9.17) is 14.6 Å². The Morgan fingerprint density at radius 3 is 2.48 bits per heavy atom. The molecule has 0 amide bonds. The van der Waals surface area contributed by atoms with Gasteiger partial charge in [0.1, 0.15) is 12.2 Å². The van der Waals surface area contributed by atoms with Crippen LogP contribution in [0, 0.1) is 0 Å². The Balaban J connectivity index is 2.23. The maximum Gasteiger partial charge on any atom is 0.306 e. The molecule has 7 nitrogen and oxygen atoms in total. The van der Waals surface area contributed by atoms with Crippen LogP contribution < -0.4 is 0 Å². The third-order valence-corrected chi connectivity index (χ3v) is 3.10. The Labute approximate surface area is 134 Å². The molecule has 0 fully saturated rings. The number of aliphatic hydroxyl groups is 1. The second-order valence-electron chi connectivity index (χ2n) is 5.67. The Kier molecular flexibility index (Phi) is 7.12. The lowest BCUT2D eigenvalue weighted by molar-refractivity contribution is -0.149. The van der Waals surface area contributed by atoms with Crippen molar-refractivity contribution in [3.8, 4) is 0 Å². The maximum absolute atomic E-state index is 11.9. The summed E-state index contributed by atoms with van der Waals surface area (Å²) >= 11 is 0. The van der Waals surface area contributed by atoms with Crippen LogP contribution in [0.15, 0.2) is 23.8 Å². The molecule has 0 bridgehead atoms. The van der Waals surface area contributed by atoms with Crippen molar-refractivity contribution in [1.29, 1.82) is 0 Å². The molecule has 0 heterocycles. The number of rotatable bonds is 9. The second kappa shape index (κ2) is 8.59. The minimum absolute atomic E-state index is 0.0436. The van der Waals surface area contributed by atoms with Crippen molar-refractivity contribution in [3.05, 3.63) is 23.8 Å². The highest BCUT2D eigenvalue weighted by Crippen LogP contribution is 2.19. The lowest BCUT2D eigenvalue weighted by atomic mass is 9.92. The van der Waals surface area contributed by atoms with Crippen LogP contribution >= 0.6 is 0 Å². The quantitative estimate of drug-likeness (QED) is 0.480. The third kappa shape index (κ3) is 7.21. The van der Waals surface area contributed by atoms with Gasteiger partial charge in [-0.3, -0.25) is 14.4 Å². The average Bonchev–Trinajstić information content (AvgIpc) is 2.48. The van der Waals surface area contributed by atoms with Crippen LogP contribution in [0.5, 0.6) is 0 Å². The molecule has 128 valence electrons. The van der Waals surface area contributed by atoms with E-state index < -0.39 is 17.5 Å². The molecule has 0 aliphatic heterocycles. The van der Waals surface area contributed by atoms with Gasteiger partial charge in [0.15, 0.2) is 5.78 Å². The zero-order valence-corrected chi connectivity index (χ0v) is 13.3. The van der Waals surface area contributed by atoms with Crippen LogP contribution in [0.2, 0.25) is 0 Å². The molecule has 1 aliphatic rings. The predicted octanol–water partition coefficient (Wildman–Crippen LogP) is 1.01. The summed E-state index contributed by atoms with van der Waals surface area (Å²) in [5.74, 6) is -1.97. The number of Topliss-reactive ketones (excluding diaryl/α,β-unsaturated/α-hetero) is 1. The van der Waals surface area contributed by atoms with E-state index in [9.17, 15) is 19.5 Å². The van der Waals surface area contributed by atoms with Crippen LogP contribution in [0.3, 0.4) is 0 Å². The van der Waals surface area contributed by atoms with Crippen molar-refractivity contribution in [2.24, 2.45) is 0 Å². The van der Waals surface area contributed by atoms with E-state index in [1.165, 1.54) is 13.8 Å². The van der Waals surface area contributed by atoms with Gasteiger partial charge < -0.3 is 19.7 Å². The van der Waals surface area contributed by atoms with Gasteiger partial charge >= 0.3 is 11.9 Å². The monoisotopic (exact) mass is 326 g/mol. The van der Waals surface area contributed by atoms with Gasteiger partial charge in [0.25, 0.3) is 0 Å². The van der Waals surface area contributed by atoms with Crippen LogP contribution in [-0.4, -0.2) is 52.9 Å². The molecule has 1 aliphatic carbocycles. The van der Waals surface area contributed by atoms with Crippen molar-refractivity contribution in [3.63, 3.8) is 0 Å². The Bertz CT molecular complexity index is 511. The number of allylic oxidation sites excluding steroid dienone is 1. The highest BCUT2D eigenvalue weighted by Gasteiger charge is 2.27. The van der Waals surface area contributed by atoms with Gasteiger partial charge in [-0.2, -0.15) is 0 Å². The minimum Gasteiger partial charge on any atom is -0.481 e. The number of carboxylic acid groups (broad SMARTS) is 1. The van der Waals surface area contributed by atoms with Crippen LogP contribution in [-0.2, 0) is 23.9 Å². The summed E-state index contributed by atoms with van der Waals surface area (Å²) in [6.07, 6.45) is 4.85. The number of carbonyl (C=O) groups is 3. The van der Waals surface area contributed by atoms with Crippen LogP contribution in [0.1, 0.15) is 33.1 Å². The first kappa shape index (κ1) is 19.1. The number of aliphatic carboxylic acids is 1. The van der Waals surface area contributed by atoms with Crippen molar-refractivity contribution in [2.75, 3.05) is 13.2 Å². The summed E-state index contributed by atoms with van der Waals surface area (Å²) in [7, 11) is 0. The molecule has 0 saturated heterocycles. The summed E-state index contributed by atoms with van der Waals surface area (Å²) in [5.41, 5.74) is -0.967. The lowest BCUT2D eigenvalue weighted by Crippen LogP contribution is -2.32. The van der Waals surface area contributed by atoms with Gasteiger partial charge in [0, 0.05) is 5.57 Å². The standard InChI is InChI=1S/C16H22O7/c1-16(2,21)15(20)11-3-5-12(6-4-11)22-9-10-23-14(19)8-7-13(17)18/h3-5,12,21H,6-10H2,1-2H3,(H,17,18). The molecular formula is C16H22O7. The number of hydrogen-bond acceptors (Lipinski definition) is 6. The first-order valence-electron chi connectivity index (χ1n) is 7.34. The maximum atomic E-state index is 11.9. The summed E-state index contributed by atoms with van der Waals surface area (Å²) in [4.78, 5) is 33.3. The van der Waals surface area contributed by atoms with Gasteiger partial charge in [0.05, 0.1) is 25.6 Å². The zero-order chi connectivity index (χ0) is 17.5. The van der Waals surface area contributed by atoms with Crippen LogP contribution in [0.4, 0.5) is 0 Å². The van der Waals surface area contributed by atoms with E-state index in [0.29, 0.717) is 12.0 Å². The fourth-order valence-electron chi connectivity index (χ4n) is 1.88. The molecule has 1 unspecified atom stereocenters. The van der Waals surface area contributed by atoms with Crippen molar-refractivity contribution >= 4 is 17.7 Å². The smallest absolute Gasteiger partial charge is 0.306 e. The van der Waals surface area contributed by atoms with Gasteiger partial charge in [-0.1, -0.05) is 18.2 Å². The fraction of sp³-hybridized carbons (Fsp3) is 0.562. The second-order valence-corrected chi connectivity index (χ2v) is 5.67. The van der Waals surface area contributed by atoms with E-state index in [1.54, 1.807) is 18.2 Å². The van der Waals surface area contributed by atoms with E-state index in [-0.39, 0.29) is 37.9 Å². The normalized spacial score (nSPS) is 17.5. The molecule has 0 saturated carbocycles. The highest BCUT2D eigenvalue weighted by molar-refractivity contribution is 6.03. The van der Waals surface area contributed by atoms with Crippen molar-refractivity contribution in [1.82, 2.24) is 0 Å². The van der Waals surface area contributed by atoms with Gasteiger partial charge in [0.2, 0.25) is 0 Å². The molecular weight excluding hydrogens is 304 g/mol. The third-order valence-electron chi connectivity index (χ3n) is 3.10. The molecule has 1 rings (SSSR count). The average molecular weight is 326 g/mol. The summed E-state index contributed by atoms with van der Waals surface area (Å²) < 4.78 is 10.3. The molecule has 0 aromatic rings. The first-order chi connectivity index (χ1) is 10.7. The first-order valence-corrected chi connectivity index (χ1v) is 7.34. The zero-order valence-electron chi connectivity index (χ0n) is 13.3. The lowest BCUT2D eigenvalue weighted by Gasteiger charge is -2.20. The van der Waals surface area contributed by atoms with E-state index in [1.807, 2.05) is 0 Å².